The van der Waals surface area contributed by atoms with Crippen molar-refractivity contribution in [3.05, 3.63) is 18.2 Å². The third kappa shape index (κ3) is 6.59. The number of hydrogen-bond donors (Lipinski definition) is 1. The number of ether oxygens (including phenoxy) is 3. The van der Waals surface area contributed by atoms with E-state index < -0.39 is 5.54 Å². The fourth-order valence-electron chi connectivity index (χ4n) is 5.96. The number of morpholine rings is 1. The van der Waals surface area contributed by atoms with Gasteiger partial charge in [-0.15, -0.1) is 0 Å². The van der Waals surface area contributed by atoms with Crippen LogP contribution in [-0.2, 0) is 14.3 Å². The Labute approximate surface area is 231 Å². The normalized spacial score (nSPS) is 24.9. The molecule has 4 fully saturated rings. The standard InChI is InChI=1S/C29H41N5O5/c1-37-25-7-6-22(20-26(25)39-19-16-32-14-17-38-18-15-32)33-10-12-34(13-11-33)28(36)24-5-3-2-4-23(24)27(35)31-29(21-30)8-9-29/h6-7,20,23-24H,2-5,8-19H2,1H3,(H,31,35)/t23-,24-/m1/s1. The lowest BCUT2D eigenvalue weighted by atomic mass is 9.77. The van der Waals surface area contributed by atoms with Crippen LogP contribution >= 0.6 is 0 Å². The van der Waals surface area contributed by atoms with Gasteiger partial charge in [0.15, 0.2) is 11.5 Å². The third-order valence-electron chi connectivity index (χ3n) is 8.62. The lowest BCUT2D eigenvalue weighted by molar-refractivity contribution is -0.144. The van der Waals surface area contributed by atoms with Gasteiger partial charge in [0.2, 0.25) is 11.8 Å². The summed E-state index contributed by atoms with van der Waals surface area (Å²) < 4.78 is 17.1. The molecular weight excluding hydrogens is 498 g/mol. The first kappa shape index (κ1) is 27.5. The molecule has 0 aromatic heterocycles. The summed E-state index contributed by atoms with van der Waals surface area (Å²) in [6.45, 7) is 7.47. The molecule has 212 valence electrons. The number of rotatable bonds is 9. The molecule has 2 saturated carbocycles. The Morgan fingerprint density at radius 2 is 1.77 bits per heavy atom. The molecule has 5 rings (SSSR count). The van der Waals surface area contributed by atoms with Crippen molar-refractivity contribution in [2.75, 3.05) is 77.6 Å². The Morgan fingerprint density at radius 3 is 2.44 bits per heavy atom. The highest BCUT2D eigenvalue weighted by Gasteiger charge is 2.47. The fraction of sp³-hybridized carbons (Fsp3) is 0.690. The maximum Gasteiger partial charge on any atom is 0.226 e. The summed E-state index contributed by atoms with van der Waals surface area (Å²) in [4.78, 5) is 33.1. The number of amides is 2. The molecule has 1 aromatic rings. The van der Waals surface area contributed by atoms with Crippen LogP contribution in [0.5, 0.6) is 11.5 Å². The number of anilines is 1. The second-order valence-electron chi connectivity index (χ2n) is 11.1. The van der Waals surface area contributed by atoms with Crippen LogP contribution in [0, 0.1) is 23.2 Å². The highest BCUT2D eigenvalue weighted by Crippen LogP contribution is 2.38. The zero-order valence-corrected chi connectivity index (χ0v) is 23.0. The van der Waals surface area contributed by atoms with Gasteiger partial charge in [-0.3, -0.25) is 14.5 Å². The van der Waals surface area contributed by atoms with Gasteiger partial charge in [-0.1, -0.05) is 12.8 Å². The zero-order valence-electron chi connectivity index (χ0n) is 23.0. The molecule has 4 aliphatic rings. The summed E-state index contributed by atoms with van der Waals surface area (Å²) in [6, 6.07) is 8.24. The average molecular weight is 540 g/mol. The summed E-state index contributed by atoms with van der Waals surface area (Å²) in [5.41, 5.74) is 0.349. The van der Waals surface area contributed by atoms with E-state index in [1.54, 1.807) is 7.11 Å². The minimum atomic E-state index is -0.697. The maximum absolute atomic E-state index is 13.6. The molecule has 0 bridgehead atoms. The van der Waals surface area contributed by atoms with Crippen molar-refractivity contribution in [1.29, 1.82) is 5.26 Å². The number of nitriles is 1. The minimum Gasteiger partial charge on any atom is -0.493 e. The molecule has 10 nitrogen and oxygen atoms in total. The molecule has 0 spiro atoms. The average Bonchev–Trinajstić information content (AvgIpc) is 3.77. The van der Waals surface area contributed by atoms with Crippen molar-refractivity contribution >= 4 is 17.5 Å². The van der Waals surface area contributed by atoms with Crippen LogP contribution in [-0.4, -0.2) is 99.9 Å². The molecule has 2 heterocycles. The van der Waals surface area contributed by atoms with E-state index >= 15 is 0 Å². The van der Waals surface area contributed by atoms with E-state index in [1.807, 2.05) is 23.1 Å². The smallest absolute Gasteiger partial charge is 0.226 e. The number of carbonyl (C=O) groups excluding carboxylic acids is 2. The van der Waals surface area contributed by atoms with Crippen LogP contribution in [0.25, 0.3) is 0 Å². The molecule has 1 aromatic carbocycles. The highest BCUT2D eigenvalue weighted by molar-refractivity contribution is 5.89. The van der Waals surface area contributed by atoms with Gasteiger partial charge in [0, 0.05) is 69.4 Å². The zero-order chi connectivity index (χ0) is 27.2. The Morgan fingerprint density at radius 1 is 1.05 bits per heavy atom. The van der Waals surface area contributed by atoms with E-state index in [0.717, 1.165) is 63.5 Å². The molecule has 2 saturated heterocycles. The summed E-state index contributed by atoms with van der Waals surface area (Å²) in [7, 11) is 1.65. The van der Waals surface area contributed by atoms with E-state index in [4.69, 9.17) is 14.2 Å². The topological polar surface area (TPSA) is 107 Å². The number of benzene rings is 1. The predicted octanol–water partition coefficient (Wildman–Crippen LogP) is 2.03. The second kappa shape index (κ2) is 12.4. The number of piperazine rings is 1. The van der Waals surface area contributed by atoms with Crippen molar-refractivity contribution in [2.24, 2.45) is 11.8 Å². The van der Waals surface area contributed by atoms with Crippen LogP contribution in [0.2, 0.25) is 0 Å². The Hall–Kier alpha value is -3.03. The van der Waals surface area contributed by atoms with Gasteiger partial charge in [-0.25, -0.2) is 0 Å². The Bertz CT molecular complexity index is 1060. The van der Waals surface area contributed by atoms with E-state index in [2.05, 4.69) is 21.2 Å². The van der Waals surface area contributed by atoms with Crippen molar-refractivity contribution < 1.29 is 23.8 Å². The summed E-state index contributed by atoms with van der Waals surface area (Å²) in [5.74, 6) is 0.758. The van der Waals surface area contributed by atoms with Gasteiger partial charge in [-0.2, -0.15) is 5.26 Å². The van der Waals surface area contributed by atoms with Gasteiger partial charge in [-0.05, 0) is 37.8 Å². The fourth-order valence-corrected chi connectivity index (χ4v) is 5.96. The van der Waals surface area contributed by atoms with Crippen LogP contribution in [0.4, 0.5) is 5.69 Å². The van der Waals surface area contributed by atoms with Crippen molar-refractivity contribution in [3.63, 3.8) is 0 Å². The molecule has 2 aliphatic carbocycles. The van der Waals surface area contributed by atoms with Gasteiger partial charge >= 0.3 is 0 Å². The molecule has 39 heavy (non-hydrogen) atoms. The summed E-state index contributed by atoms with van der Waals surface area (Å²) >= 11 is 0. The first-order chi connectivity index (χ1) is 19.0. The van der Waals surface area contributed by atoms with Crippen molar-refractivity contribution in [3.8, 4) is 17.6 Å². The number of carbonyl (C=O) groups is 2. The van der Waals surface area contributed by atoms with Crippen molar-refractivity contribution in [1.82, 2.24) is 15.1 Å². The molecule has 1 N–H and O–H groups in total. The molecule has 2 amide bonds. The van der Waals surface area contributed by atoms with Gasteiger partial charge in [0.05, 0.1) is 26.4 Å². The quantitative estimate of drug-likeness (QED) is 0.508. The van der Waals surface area contributed by atoms with Gasteiger partial charge in [0.1, 0.15) is 12.1 Å². The Kier molecular flexibility index (Phi) is 8.78. The van der Waals surface area contributed by atoms with Gasteiger partial charge < -0.3 is 29.3 Å². The SMILES string of the molecule is COc1ccc(N2CCN(C(=O)[C@@H]3CCCC[C@H]3C(=O)NC3(C#N)CC3)CC2)cc1OCCN1CCOCC1. The number of hydrogen-bond acceptors (Lipinski definition) is 8. The molecule has 2 aliphatic heterocycles. The maximum atomic E-state index is 13.6. The molecular formula is C29H41N5O5. The van der Waals surface area contributed by atoms with Crippen LogP contribution in [0.1, 0.15) is 38.5 Å². The van der Waals surface area contributed by atoms with E-state index in [9.17, 15) is 14.9 Å². The summed E-state index contributed by atoms with van der Waals surface area (Å²) in [5, 5.41) is 12.3. The predicted molar refractivity (Wildman–Crippen MR) is 146 cm³/mol. The largest absolute Gasteiger partial charge is 0.493 e. The number of methoxy groups -OCH3 is 1. The van der Waals surface area contributed by atoms with E-state index in [0.29, 0.717) is 57.8 Å². The first-order valence-electron chi connectivity index (χ1n) is 14.4. The van der Waals surface area contributed by atoms with Gasteiger partial charge in [0.25, 0.3) is 0 Å². The lowest BCUT2D eigenvalue weighted by Gasteiger charge is -2.40. The molecule has 2 atom stereocenters. The van der Waals surface area contributed by atoms with Crippen molar-refractivity contribution in [2.45, 2.75) is 44.1 Å². The monoisotopic (exact) mass is 539 g/mol. The number of nitrogens with zero attached hydrogens (tertiary/aromatic N) is 4. The third-order valence-corrected chi connectivity index (χ3v) is 8.62. The minimum absolute atomic E-state index is 0.0816. The van der Waals surface area contributed by atoms with E-state index in [1.165, 1.54) is 0 Å². The van der Waals surface area contributed by atoms with E-state index in [-0.39, 0.29) is 23.7 Å². The lowest BCUT2D eigenvalue weighted by Crippen LogP contribution is -2.53. The molecule has 10 heteroatoms. The van der Waals surface area contributed by atoms with Crippen LogP contribution < -0.4 is 19.7 Å². The highest BCUT2D eigenvalue weighted by atomic mass is 16.5. The molecule has 0 unspecified atom stereocenters. The van der Waals surface area contributed by atoms with Crippen LogP contribution in [0.15, 0.2) is 18.2 Å². The summed E-state index contributed by atoms with van der Waals surface area (Å²) in [6.07, 6.45) is 4.76. The second-order valence-corrected chi connectivity index (χ2v) is 11.1. The first-order valence-corrected chi connectivity index (χ1v) is 14.4. The number of nitrogens with one attached hydrogen (secondary N) is 1. The Balaban J connectivity index is 1.16. The molecule has 0 radical (unpaired) electrons. The van der Waals surface area contributed by atoms with Crippen LogP contribution in [0.3, 0.4) is 0 Å².